The van der Waals surface area contributed by atoms with Crippen LogP contribution < -0.4 is 11.1 Å². The molecular weight excluding hydrogens is 550 g/mol. The molecule has 0 bridgehead atoms. The van der Waals surface area contributed by atoms with Gasteiger partial charge in [0.25, 0.3) is 11.8 Å². The highest BCUT2D eigenvalue weighted by Gasteiger charge is 2.54. The predicted octanol–water partition coefficient (Wildman–Crippen LogP) is 1.26. The Bertz CT molecular complexity index is 1540. The minimum atomic E-state index is -1.20. The molecule has 2 aliphatic rings. The van der Waals surface area contributed by atoms with Gasteiger partial charge < -0.3 is 21.0 Å². The number of hydrogen-bond donors (Lipinski definition) is 3. The van der Waals surface area contributed by atoms with E-state index in [1.807, 2.05) is 28.8 Å². The van der Waals surface area contributed by atoms with Crippen molar-refractivity contribution in [2.45, 2.75) is 16.4 Å². The Morgan fingerprint density at radius 1 is 1.42 bits per heavy atom. The Labute approximate surface area is 228 Å². The Morgan fingerprint density at radius 2 is 2.26 bits per heavy atom. The number of hydrogen-bond acceptors (Lipinski definition) is 11. The first-order chi connectivity index (χ1) is 18.4. The molecular formula is C23H19N7O5S3. The maximum Gasteiger partial charge on any atom is 0.352 e. The number of thiazole rings is 1. The van der Waals surface area contributed by atoms with Crippen LogP contribution in [0.2, 0.25) is 0 Å². The fourth-order valence-corrected chi connectivity index (χ4v) is 6.99. The van der Waals surface area contributed by atoms with Gasteiger partial charge in [-0.05, 0) is 17.7 Å². The minimum absolute atomic E-state index is 0.0620. The number of carbonyl (C=O) groups is 3. The number of nitrogen functional groups attached to an aromatic ring is 1. The highest BCUT2D eigenvalue weighted by atomic mass is 32.2. The van der Waals surface area contributed by atoms with Crippen molar-refractivity contribution in [1.29, 1.82) is 0 Å². The third-order valence-corrected chi connectivity index (χ3v) is 8.74. The van der Waals surface area contributed by atoms with Crippen molar-refractivity contribution in [3.63, 3.8) is 0 Å². The molecule has 0 aliphatic carbocycles. The average molecular weight is 570 g/mol. The van der Waals surface area contributed by atoms with Crippen molar-refractivity contribution in [1.82, 2.24) is 24.6 Å². The van der Waals surface area contributed by atoms with E-state index in [4.69, 9.17) is 17.0 Å². The number of carbonyl (C=O) groups excluding carboxylic acids is 2. The smallest absolute Gasteiger partial charge is 0.352 e. The Kier molecular flexibility index (Phi) is 7.27. The van der Waals surface area contributed by atoms with Crippen LogP contribution in [0.25, 0.3) is 5.65 Å². The number of aliphatic carboxylic acids is 1. The zero-order valence-electron chi connectivity index (χ0n) is 19.4. The van der Waals surface area contributed by atoms with Gasteiger partial charge in [0, 0.05) is 29.3 Å². The monoisotopic (exact) mass is 569 g/mol. The SMILES string of the molecule is C#CCO/N=C(\C(=O)N[C@@H]1C(=O)N2C(C(=O)O)=C(CSc3cccc4nccn34)CS[C@H]12)c1csc(N)n1. The number of rotatable bonds is 9. The molecule has 3 aromatic heterocycles. The van der Waals surface area contributed by atoms with Crippen LogP contribution in [-0.4, -0.2) is 77.4 Å². The molecule has 12 nitrogen and oxygen atoms in total. The topological polar surface area (TPSA) is 165 Å². The summed E-state index contributed by atoms with van der Waals surface area (Å²) < 4.78 is 1.91. The highest BCUT2D eigenvalue weighted by molar-refractivity contribution is 8.01. The van der Waals surface area contributed by atoms with Gasteiger partial charge in [-0.15, -0.1) is 41.3 Å². The summed E-state index contributed by atoms with van der Waals surface area (Å²) in [7, 11) is 0. The molecule has 0 unspecified atom stereocenters. The summed E-state index contributed by atoms with van der Waals surface area (Å²) in [5.41, 5.74) is 6.98. The van der Waals surface area contributed by atoms with Gasteiger partial charge >= 0.3 is 5.97 Å². The predicted molar refractivity (Wildman–Crippen MR) is 143 cm³/mol. The van der Waals surface area contributed by atoms with E-state index in [1.165, 1.54) is 33.8 Å². The van der Waals surface area contributed by atoms with E-state index in [0.29, 0.717) is 17.1 Å². The van der Waals surface area contributed by atoms with Gasteiger partial charge in [-0.3, -0.25) is 18.9 Å². The number of fused-ring (bicyclic) bond motifs is 2. The van der Waals surface area contributed by atoms with E-state index >= 15 is 0 Å². The van der Waals surface area contributed by atoms with E-state index in [2.05, 4.69) is 26.4 Å². The van der Waals surface area contributed by atoms with Gasteiger partial charge in [-0.25, -0.2) is 14.8 Å². The number of nitrogens with zero attached hydrogens (tertiary/aromatic N) is 5. The second kappa shape index (κ2) is 10.8. The summed E-state index contributed by atoms with van der Waals surface area (Å²) in [4.78, 5) is 52.8. The molecule has 38 heavy (non-hydrogen) atoms. The van der Waals surface area contributed by atoms with Crippen molar-refractivity contribution in [3.8, 4) is 12.3 Å². The quantitative estimate of drug-likeness (QED) is 0.0853. The largest absolute Gasteiger partial charge is 0.477 e. The van der Waals surface area contributed by atoms with Crippen molar-refractivity contribution in [3.05, 3.63) is 52.9 Å². The van der Waals surface area contributed by atoms with Crippen molar-refractivity contribution < 1.29 is 24.3 Å². The third-order valence-electron chi connectivity index (χ3n) is 5.60. The number of nitrogens with one attached hydrogen (secondary N) is 1. The molecule has 2 amide bonds. The van der Waals surface area contributed by atoms with Crippen molar-refractivity contribution in [2.24, 2.45) is 5.16 Å². The number of anilines is 1. The number of aromatic nitrogens is 3. The van der Waals surface area contributed by atoms with Crippen LogP contribution in [0.1, 0.15) is 5.69 Å². The number of carboxylic acids is 1. The Morgan fingerprint density at radius 3 is 3.00 bits per heavy atom. The van der Waals surface area contributed by atoms with E-state index in [9.17, 15) is 19.5 Å². The molecule has 3 aromatic rings. The molecule has 1 saturated heterocycles. The van der Waals surface area contributed by atoms with Crippen LogP contribution in [0.5, 0.6) is 0 Å². The lowest BCUT2D eigenvalue weighted by molar-refractivity contribution is -0.150. The lowest BCUT2D eigenvalue weighted by Crippen LogP contribution is -2.71. The lowest BCUT2D eigenvalue weighted by atomic mass is 10.0. The van der Waals surface area contributed by atoms with Gasteiger partial charge in [0.15, 0.2) is 17.5 Å². The number of oxime groups is 1. The number of amides is 2. The van der Waals surface area contributed by atoms with Gasteiger partial charge in [0.2, 0.25) is 0 Å². The number of pyridine rings is 1. The number of carboxylic acid groups (broad SMARTS) is 1. The summed E-state index contributed by atoms with van der Waals surface area (Å²) in [5, 5.41) is 18.4. The van der Waals surface area contributed by atoms with Crippen LogP contribution >= 0.6 is 34.9 Å². The summed E-state index contributed by atoms with van der Waals surface area (Å²) in [6, 6.07) is 4.72. The van der Waals surface area contributed by atoms with E-state index in [-0.39, 0.29) is 28.8 Å². The molecule has 0 saturated carbocycles. The van der Waals surface area contributed by atoms with E-state index in [0.717, 1.165) is 22.0 Å². The molecule has 15 heteroatoms. The lowest BCUT2D eigenvalue weighted by Gasteiger charge is -2.49. The molecule has 194 valence electrons. The van der Waals surface area contributed by atoms with Crippen molar-refractivity contribution in [2.75, 3.05) is 23.8 Å². The summed E-state index contributed by atoms with van der Waals surface area (Å²) >= 11 is 3.94. The van der Waals surface area contributed by atoms with Gasteiger partial charge in [0.1, 0.15) is 28.5 Å². The fourth-order valence-electron chi connectivity index (χ4n) is 3.94. The molecule has 0 spiro atoms. The van der Waals surface area contributed by atoms with Crippen LogP contribution in [0, 0.1) is 12.3 Å². The molecule has 5 heterocycles. The second-order valence-electron chi connectivity index (χ2n) is 7.91. The second-order valence-corrected chi connectivity index (χ2v) is 10.9. The van der Waals surface area contributed by atoms with Crippen LogP contribution in [0.15, 0.2) is 57.4 Å². The number of β-lactam (4-membered cyclic amide) rings is 1. The van der Waals surface area contributed by atoms with Crippen LogP contribution in [-0.2, 0) is 19.2 Å². The Hall–Kier alpha value is -4.00. The van der Waals surface area contributed by atoms with Gasteiger partial charge in [0.05, 0.1) is 5.03 Å². The molecule has 2 atom stereocenters. The normalized spacial score (nSPS) is 19.1. The van der Waals surface area contributed by atoms with Crippen LogP contribution in [0.4, 0.5) is 5.13 Å². The van der Waals surface area contributed by atoms with Gasteiger partial charge in [-0.1, -0.05) is 17.1 Å². The van der Waals surface area contributed by atoms with Gasteiger partial charge in [-0.2, -0.15) is 0 Å². The van der Waals surface area contributed by atoms with Crippen molar-refractivity contribution >= 4 is 69.1 Å². The molecule has 4 N–H and O–H groups in total. The minimum Gasteiger partial charge on any atom is -0.477 e. The first kappa shape index (κ1) is 25.6. The molecule has 0 radical (unpaired) electrons. The maximum atomic E-state index is 13.1. The average Bonchev–Trinajstić information content (AvgIpc) is 3.57. The number of thioether (sulfide) groups is 2. The molecule has 2 aliphatic heterocycles. The maximum absolute atomic E-state index is 13.1. The third kappa shape index (κ3) is 4.80. The standard InChI is InChI=1S/C23H19N7O5S3/c1-2-8-35-28-16(13-11-38-23(24)26-13)19(31)27-17-20(32)30-18(22(33)34)12(10-37-21(17)30)9-36-15-5-3-4-14-25-6-7-29(14)15/h1,3-7,11,17,21H,8-10H2,(H2,24,26)(H,27,31)(H,33,34)/b28-16-/t17-,21-/m1/s1. The zero-order chi connectivity index (χ0) is 26.8. The fraction of sp³-hybridized carbons (Fsp3) is 0.217. The molecule has 0 aromatic carbocycles. The zero-order valence-corrected chi connectivity index (χ0v) is 21.9. The molecule has 5 rings (SSSR count). The summed E-state index contributed by atoms with van der Waals surface area (Å²) in [6.45, 7) is -0.173. The number of nitrogens with two attached hydrogens (primary N) is 1. The summed E-state index contributed by atoms with van der Waals surface area (Å²) in [6.07, 6.45) is 8.69. The summed E-state index contributed by atoms with van der Waals surface area (Å²) in [5.74, 6) is 0.532. The van der Waals surface area contributed by atoms with Crippen LogP contribution in [0.3, 0.4) is 0 Å². The number of terminal acetylenes is 1. The first-order valence-electron chi connectivity index (χ1n) is 11.0. The number of imidazole rings is 1. The Balaban J connectivity index is 1.32. The molecule has 1 fully saturated rings. The van der Waals surface area contributed by atoms with E-state index in [1.54, 1.807) is 6.20 Å². The highest BCUT2D eigenvalue weighted by Crippen LogP contribution is 2.41. The first-order valence-corrected chi connectivity index (χ1v) is 13.9. The van der Waals surface area contributed by atoms with E-state index < -0.39 is 29.2 Å².